The van der Waals surface area contributed by atoms with E-state index in [-0.39, 0.29) is 11.9 Å². The average Bonchev–Trinajstić information content (AvgIpc) is 3.15. The SMILES string of the molecule is CC1=C(C(=O)NCCc2sccc2C)C(c2nc[nH]c2C)NC(=O)N1. The van der Waals surface area contributed by atoms with E-state index in [1.54, 1.807) is 24.6 Å². The standard InChI is InChI=1S/C17H21N5O2S/c1-9-5-7-25-12(9)4-6-18-16(23)13-10(2)21-17(24)22-15(13)14-11(3)19-8-20-14/h5,7-8,15H,4,6H2,1-3H3,(H,18,23)(H,19,20)(H2,21,22,24). The van der Waals surface area contributed by atoms with Crippen molar-refractivity contribution in [2.24, 2.45) is 0 Å². The number of H-pyrrole nitrogens is 1. The van der Waals surface area contributed by atoms with Crippen LogP contribution in [0.3, 0.4) is 0 Å². The molecule has 1 aliphatic heterocycles. The average molecular weight is 359 g/mol. The Morgan fingerprint density at radius 2 is 2.16 bits per heavy atom. The molecule has 3 heterocycles. The lowest BCUT2D eigenvalue weighted by atomic mass is 9.98. The Kier molecular flexibility index (Phi) is 4.89. The van der Waals surface area contributed by atoms with Crippen molar-refractivity contribution in [2.75, 3.05) is 6.54 Å². The minimum atomic E-state index is -0.566. The van der Waals surface area contributed by atoms with E-state index in [2.05, 4.69) is 44.3 Å². The fourth-order valence-corrected chi connectivity index (χ4v) is 3.82. The normalized spacial score (nSPS) is 17.2. The number of carbonyl (C=O) groups excluding carboxylic acids is 2. The summed E-state index contributed by atoms with van der Waals surface area (Å²) in [6.45, 7) is 6.20. The molecule has 25 heavy (non-hydrogen) atoms. The van der Waals surface area contributed by atoms with Crippen molar-refractivity contribution < 1.29 is 9.59 Å². The molecule has 0 aromatic carbocycles. The van der Waals surface area contributed by atoms with Crippen molar-refractivity contribution >= 4 is 23.3 Å². The zero-order valence-electron chi connectivity index (χ0n) is 14.4. The van der Waals surface area contributed by atoms with Gasteiger partial charge < -0.3 is 20.9 Å². The highest BCUT2D eigenvalue weighted by atomic mass is 32.1. The second-order valence-electron chi connectivity index (χ2n) is 6.02. The van der Waals surface area contributed by atoms with Gasteiger partial charge in [0.15, 0.2) is 0 Å². The monoisotopic (exact) mass is 359 g/mol. The van der Waals surface area contributed by atoms with Crippen molar-refractivity contribution in [1.29, 1.82) is 0 Å². The number of aryl methyl sites for hydroxylation is 2. The van der Waals surface area contributed by atoms with Gasteiger partial charge in [0.25, 0.3) is 5.91 Å². The van der Waals surface area contributed by atoms with Gasteiger partial charge in [-0.3, -0.25) is 4.79 Å². The van der Waals surface area contributed by atoms with E-state index < -0.39 is 6.04 Å². The van der Waals surface area contributed by atoms with Crippen molar-refractivity contribution in [2.45, 2.75) is 33.2 Å². The quantitative estimate of drug-likeness (QED) is 0.658. The molecule has 0 fully saturated rings. The van der Waals surface area contributed by atoms with Crippen LogP contribution in [0.25, 0.3) is 0 Å². The van der Waals surface area contributed by atoms with Crippen LogP contribution in [0, 0.1) is 13.8 Å². The van der Waals surface area contributed by atoms with Crippen LogP contribution in [-0.2, 0) is 11.2 Å². The van der Waals surface area contributed by atoms with Crippen LogP contribution in [0.15, 0.2) is 29.0 Å². The Balaban J connectivity index is 1.76. The Morgan fingerprint density at radius 3 is 2.80 bits per heavy atom. The molecule has 1 unspecified atom stereocenters. The van der Waals surface area contributed by atoms with Gasteiger partial charge in [-0.1, -0.05) is 0 Å². The number of allylic oxidation sites excluding steroid dienone is 1. The Labute approximate surface area is 149 Å². The second kappa shape index (κ2) is 7.10. The largest absolute Gasteiger partial charge is 0.352 e. The summed E-state index contributed by atoms with van der Waals surface area (Å²) in [5, 5.41) is 10.5. The molecule has 0 spiro atoms. The molecule has 8 heteroatoms. The maximum absolute atomic E-state index is 12.8. The first-order valence-corrected chi connectivity index (χ1v) is 8.94. The predicted molar refractivity (Wildman–Crippen MR) is 96.2 cm³/mol. The molecule has 0 radical (unpaired) electrons. The summed E-state index contributed by atoms with van der Waals surface area (Å²) in [5.74, 6) is -0.202. The van der Waals surface area contributed by atoms with Crippen LogP contribution in [0.5, 0.6) is 0 Å². The van der Waals surface area contributed by atoms with Gasteiger partial charge in [0.2, 0.25) is 0 Å². The lowest BCUT2D eigenvalue weighted by molar-refractivity contribution is -0.117. The first kappa shape index (κ1) is 17.2. The summed E-state index contributed by atoms with van der Waals surface area (Å²) in [6, 6.07) is 1.17. The van der Waals surface area contributed by atoms with Crippen LogP contribution >= 0.6 is 11.3 Å². The molecule has 4 N–H and O–H groups in total. The zero-order chi connectivity index (χ0) is 18.0. The first-order chi connectivity index (χ1) is 12.0. The number of aromatic nitrogens is 2. The van der Waals surface area contributed by atoms with Crippen molar-refractivity contribution in [1.82, 2.24) is 25.9 Å². The van der Waals surface area contributed by atoms with E-state index in [1.165, 1.54) is 10.4 Å². The lowest BCUT2D eigenvalue weighted by Gasteiger charge is -2.27. The van der Waals surface area contributed by atoms with Crippen LogP contribution < -0.4 is 16.0 Å². The first-order valence-electron chi connectivity index (χ1n) is 8.06. The molecule has 1 aliphatic rings. The third kappa shape index (κ3) is 3.58. The highest BCUT2D eigenvalue weighted by molar-refractivity contribution is 7.10. The van der Waals surface area contributed by atoms with Gasteiger partial charge in [0.1, 0.15) is 6.04 Å². The Morgan fingerprint density at radius 1 is 1.36 bits per heavy atom. The molecule has 7 nitrogen and oxygen atoms in total. The van der Waals surface area contributed by atoms with Gasteiger partial charge in [-0.05, 0) is 44.2 Å². The maximum Gasteiger partial charge on any atom is 0.319 e. The van der Waals surface area contributed by atoms with Gasteiger partial charge in [-0.15, -0.1) is 11.3 Å². The summed E-state index contributed by atoms with van der Waals surface area (Å²) in [6.07, 6.45) is 2.34. The number of thiophene rings is 1. The third-order valence-corrected chi connectivity index (χ3v) is 5.34. The summed E-state index contributed by atoms with van der Waals surface area (Å²) < 4.78 is 0. The van der Waals surface area contributed by atoms with E-state index in [0.717, 1.165) is 12.1 Å². The topological polar surface area (TPSA) is 98.9 Å². The molecule has 0 aliphatic carbocycles. The molecule has 0 saturated carbocycles. The van der Waals surface area contributed by atoms with E-state index in [4.69, 9.17) is 0 Å². The fraction of sp³-hybridized carbons (Fsp3) is 0.353. The fourth-order valence-electron chi connectivity index (χ4n) is 2.91. The summed E-state index contributed by atoms with van der Waals surface area (Å²) in [7, 11) is 0. The minimum Gasteiger partial charge on any atom is -0.352 e. The summed E-state index contributed by atoms with van der Waals surface area (Å²) >= 11 is 1.69. The number of aromatic amines is 1. The molecular weight excluding hydrogens is 338 g/mol. The number of urea groups is 1. The van der Waals surface area contributed by atoms with Crippen molar-refractivity contribution in [3.63, 3.8) is 0 Å². The Bertz CT molecular complexity index is 836. The number of carbonyl (C=O) groups is 2. The van der Waals surface area contributed by atoms with Gasteiger partial charge in [-0.2, -0.15) is 0 Å². The van der Waals surface area contributed by atoms with Crippen LogP contribution in [0.1, 0.15) is 34.8 Å². The number of rotatable bonds is 5. The number of imidazole rings is 1. The van der Waals surface area contributed by atoms with Gasteiger partial charge in [0, 0.05) is 22.8 Å². The number of nitrogens with zero attached hydrogens (tertiary/aromatic N) is 1. The van der Waals surface area contributed by atoms with Gasteiger partial charge in [-0.25, -0.2) is 9.78 Å². The van der Waals surface area contributed by atoms with E-state index in [1.807, 2.05) is 6.92 Å². The second-order valence-corrected chi connectivity index (χ2v) is 7.02. The molecule has 2 aromatic heterocycles. The molecule has 1 atom stereocenters. The van der Waals surface area contributed by atoms with Crippen molar-refractivity contribution in [3.8, 4) is 0 Å². The van der Waals surface area contributed by atoms with Crippen LogP contribution in [-0.4, -0.2) is 28.5 Å². The molecule has 3 rings (SSSR count). The predicted octanol–water partition coefficient (Wildman–Crippen LogP) is 2.07. The van der Waals surface area contributed by atoms with Crippen LogP contribution in [0.2, 0.25) is 0 Å². The molecular formula is C17H21N5O2S. The summed E-state index contributed by atoms with van der Waals surface area (Å²) in [5.41, 5.74) is 3.73. The molecule has 0 saturated heterocycles. The molecule has 0 bridgehead atoms. The zero-order valence-corrected chi connectivity index (χ0v) is 15.2. The van der Waals surface area contributed by atoms with E-state index >= 15 is 0 Å². The third-order valence-electron chi connectivity index (χ3n) is 4.26. The maximum atomic E-state index is 12.8. The highest BCUT2D eigenvalue weighted by Gasteiger charge is 2.33. The molecule has 2 aromatic rings. The number of nitrogens with one attached hydrogen (secondary N) is 4. The van der Waals surface area contributed by atoms with Gasteiger partial charge >= 0.3 is 6.03 Å². The minimum absolute atomic E-state index is 0.202. The lowest BCUT2D eigenvalue weighted by Crippen LogP contribution is -2.47. The van der Waals surface area contributed by atoms with Crippen LogP contribution in [0.4, 0.5) is 4.79 Å². The number of hydrogen-bond donors (Lipinski definition) is 4. The Hall–Kier alpha value is -2.61. The summed E-state index contributed by atoms with van der Waals surface area (Å²) in [4.78, 5) is 33.1. The number of hydrogen-bond acceptors (Lipinski definition) is 4. The smallest absolute Gasteiger partial charge is 0.319 e. The van der Waals surface area contributed by atoms with Crippen molar-refractivity contribution in [3.05, 3.63) is 50.9 Å². The molecule has 132 valence electrons. The van der Waals surface area contributed by atoms with Gasteiger partial charge in [0.05, 0.1) is 17.6 Å². The molecule has 3 amide bonds. The number of amides is 3. The highest BCUT2D eigenvalue weighted by Crippen LogP contribution is 2.27. The van der Waals surface area contributed by atoms with E-state index in [9.17, 15) is 9.59 Å². The van der Waals surface area contributed by atoms with E-state index in [0.29, 0.717) is 23.5 Å².